The molecule has 2 aromatic rings. The van der Waals surface area contributed by atoms with E-state index < -0.39 is 0 Å². The van der Waals surface area contributed by atoms with Crippen LogP contribution >= 0.6 is 23.2 Å². The second kappa shape index (κ2) is 4.81. The summed E-state index contributed by atoms with van der Waals surface area (Å²) in [6, 6.07) is 7.55. The number of anilines is 1. The Bertz CT molecular complexity index is 468. The first-order valence-electron chi connectivity index (χ1n) is 4.91. The van der Waals surface area contributed by atoms with E-state index >= 15 is 0 Å². The number of furan rings is 1. The van der Waals surface area contributed by atoms with E-state index in [2.05, 4.69) is 5.32 Å². The van der Waals surface area contributed by atoms with Gasteiger partial charge in [0.2, 0.25) is 0 Å². The highest BCUT2D eigenvalue weighted by atomic mass is 35.5. The quantitative estimate of drug-likeness (QED) is 0.856. The van der Waals surface area contributed by atoms with Crippen molar-refractivity contribution >= 4 is 28.9 Å². The Kier molecular flexibility index (Phi) is 3.42. The maximum absolute atomic E-state index is 6.08. The lowest BCUT2D eigenvalue weighted by Crippen LogP contribution is -2.05. The fourth-order valence-electron chi connectivity index (χ4n) is 1.45. The van der Waals surface area contributed by atoms with Gasteiger partial charge in [0.15, 0.2) is 0 Å². The van der Waals surface area contributed by atoms with Crippen molar-refractivity contribution < 1.29 is 4.42 Å². The molecule has 0 radical (unpaired) electrons. The van der Waals surface area contributed by atoms with Crippen LogP contribution in [0.2, 0.25) is 10.0 Å². The lowest BCUT2D eigenvalue weighted by Gasteiger charge is -2.15. The van der Waals surface area contributed by atoms with E-state index in [-0.39, 0.29) is 6.04 Å². The summed E-state index contributed by atoms with van der Waals surface area (Å²) in [7, 11) is 0. The van der Waals surface area contributed by atoms with Gasteiger partial charge in [-0.2, -0.15) is 0 Å². The van der Waals surface area contributed by atoms with Crippen molar-refractivity contribution in [3.8, 4) is 0 Å². The molecule has 0 aliphatic carbocycles. The van der Waals surface area contributed by atoms with Crippen LogP contribution in [0.3, 0.4) is 0 Å². The van der Waals surface area contributed by atoms with Gasteiger partial charge in [-0.05, 0) is 25.1 Å². The summed E-state index contributed by atoms with van der Waals surface area (Å²) >= 11 is 12.0. The molecule has 0 spiro atoms. The van der Waals surface area contributed by atoms with Gasteiger partial charge in [0, 0.05) is 5.56 Å². The monoisotopic (exact) mass is 255 g/mol. The maximum Gasteiger partial charge on any atom is 0.0955 e. The number of hydrogen-bond acceptors (Lipinski definition) is 2. The molecule has 84 valence electrons. The molecule has 0 bridgehead atoms. The molecule has 0 aliphatic rings. The molecule has 1 aromatic heterocycles. The predicted octanol–water partition coefficient (Wildman–Crippen LogP) is 4.76. The van der Waals surface area contributed by atoms with Crippen molar-refractivity contribution in [3.63, 3.8) is 0 Å². The second-order valence-electron chi connectivity index (χ2n) is 3.52. The zero-order valence-corrected chi connectivity index (χ0v) is 10.2. The van der Waals surface area contributed by atoms with Crippen molar-refractivity contribution in [1.82, 2.24) is 0 Å². The van der Waals surface area contributed by atoms with Crippen LogP contribution in [0.1, 0.15) is 18.5 Å². The maximum atomic E-state index is 6.08. The molecular weight excluding hydrogens is 245 g/mol. The largest absolute Gasteiger partial charge is 0.472 e. The summed E-state index contributed by atoms with van der Waals surface area (Å²) in [5.41, 5.74) is 1.89. The van der Waals surface area contributed by atoms with Crippen molar-refractivity contribution in [2.75, 3.05) is 5.32 Å². The van der Waals surface area contributed by atoms with E-state index in [4.69, 9.17) is 27.6 Å². The van der Waals surface area contributed by atoms with Gasteiger partial charge in [0.1, 0.15) is 0 Å². The van der Waals surface area contributed by atoms with Gasteiger partial charge in [-0.15, -0.1) is 0 Å². The van der Waals surface area contributed by atoms with Crippen molar-refractivity contribution in [2.45, 2.75) is 13.0 Å². The van der Waals surface area contributed by atoms with Crippen LogP contribution in [0.5, 0.6) is 0 Å². The molecule has 1 N–H and O–H groups in total. The van der Waals surface area contributed by atoms with Crippen LogP contribution in [0.4, 0.5) is 5.69 Å². The highest BCUT2D eigenvalue weighted by Crippen LogP contribution is 2.31. The lowest BCUT2D eigenvalue weighted by atomic mass is 10.1. The third-order valence-corrected chi connectivity index (χ3v) is 3.19. The van der Waals surface area contributed by atoms with Crippen LogP contribution in [-0.4, -0.2) is 0 Å². The standard InChI is InChI=1S/C12H11Cl2NO/c1-8(9-5-6-16-7-9)15-11-4-2-3-10(13)12(11)14/h2-8,15H,1H3. The minimum atomic E-state index is 0.120. The van der Waals surface area contributed by atoms with Gasteiger partial charge in [-0.25, -0.2) is 0 Å². The van der Waals surface area contributed by atoms with Crippen LogP contribution in [0.25, 0.3) is 0 Å². The van der Waals surface area contributed by atoms with Crippen LogP contribution in [0.15, 0.2) is 41.2 Å². The number of nitrogens with one attached hydrogen (secondary N) is 1. The van der Waals surface area contributed by atoms with E-state index in [1.54, 1.807) is 18.6 Å². The Morgan fingerprint density at radius 2 is 2.06 bits per heavy atom. The summed E-state index contributed by atoms with van der Waals surface area (Å²) in [6.45, 7) is 2.03. The molecule has 0 fully saturated rings. The SMILES string of the molecule is CC(Nc1cccc(Cl)c1Cl)c1ccoc1. The third-order valence-electron chi connectivity index (χ3n) is 2.37. The topological polar surface area (TPSA) is 25.2 Å². The summed E-state index contributed by atoms with van der Waals surface area (Å²) in [4.78, 5) is 0. The molecule has 1 heterocycles. The number of benzene rings is 1. The molecular formula is C12H11Cl2NO. The van der Waals surface area contributed by atoms with E-state index in [1.807, 2.05) is 25.1 Å². The molecule has 1 aromatic carbocycles. The van der Waals surface area contributed by atoms with Crippen LogP contribution < -0.4 is 5.32 Å². The van der Waals surface area contributed by atoms with E-state index in [1.165, 1.54) is 0 Å². The normalized spacial score (nSPS) is 12.4. The molecule has 2 rings (SSSR count). The Labute approximate surface area is 104 Å². The second-order valence-corrected chi connectivity index (χ2v) is 4.31. The Morgan fingerprint density at radius 3 is 2.75 bits per heavy atom. The molecule has 0 amide bonds. The van der Waals surface area contributed by atoms with E-state index in [0.717, 1.165) is 11.3 Å². The van der Waals surface area contributed by atoms with Crippen LogP contribution in [0, 0.1) is 0 Å². The Hall–Kier alpha value is -1.12. The Morgan fingerprint density at radius 1 is 1.25 bits per heavy atom. The fraction of sp³-hybridized carbons (Fsp3) is 0.167. The minimum absolute atomic E-state index is 0.120. The first-order valence-corrected chi connectivity index (χ1v) is 5.66. The minimum Gasteiger partial charge on any atom is -0.472 e. The van der Waals surface area contributed by atoms with Gasteiger partial charge < -0.3 is 9.73 Å². The molecule has 0 aliphatic heterocycles. The van der Waals surface area contributed by atoms with Gasteiger partial charge in [-0.3, -0.25) is 0 Å². The lowest BCUT2D eigenvalue weighted by molar-refractivity contribution is 0.562. The van der Waals surface area contributed by atoms with Crippen molar-refractivity contribution in [2.24, 2.45) is 0 Å². The zero-order chi connectivity index (χ0) is 11.5. The average Bonchev–Trinajstić information content (AvgIpc) is 2.78. The zero-order valence-electron chi connectivity index (χ0n) is 8.71. The molecule has 4 heteroatoms. The molecule has 2 nitrogen and oxygen atoms in total. The molecule has 1 unspecified atom stereocenters. The average molecular weight is 256 g/mol. The van der Waals surface area contributed by atoms with E-state index in [0.29, 0.717) is 10.0 Å². The molecule has 0 saturated carbocycles. The first kappa shape index (κ1) is 11.4. The van der Waals surface area contributed by atoms with E-state index in [9.17, 15) is 0 Å². The van der Waals surface area contributed by atoms with Crippen LogP contribution in [-0.2, 0) is 0 Å². The number of halogens is 2. The number of hydrogen-bond donors (Lipinski definition) is 1. The molecule has 1 atom stereocenters. The Balaban J connectivity index is 2.18. The van der Waals surface area contributed by atoms with Gasteiger partial charge >= 0.3 is 0 Å². The van der Waals surface area contributed by atoms with Gasteiger partial charge in [0.05, 0.1) is 34.3 Å². The summed E-state index contributed by atoms with van der Waals surface area (Å²) in [5.74, 6) is 0. The summed E-state index contributed by atoms with van der Waals surface area (Å²) in [6.07, 6.45) is 3.35. The highest BCUT2D eigenvalue weighted by Gasteiger charge is 2.09. The number of rotatable bonds is 3. The smallest absolute Gasteiger partial charge is 0.0955 e. The highest BCUT2D eigenvalue weighted by molar-refractivity contribution is 6.43. The van der Waals surface area contributed by atoms with Crippen molar-refractivity contribution in [1.29, 1.82) is 0 Å². The fourth-order valence-corrected chi connectivity index (χ4v) is 1.81. The first-order chi connectivity index (χ1) is 7.68. The molecule has 0 saturated heterocycles. The third kappa shape index (κ3) is 2.34. The van der Waals surface area contributed by atoms with Gasteiger partial charge in [0.25, 0.3) is 0 Å². The van der Waals surface area contributed by atoms with Gasteiger partial charge in [-0.1, -0.05) is 29.3 Å². The van der Waals surface area contributed by atoms with Crippen molar-refractivity contribution in [3.05, 3.63) is 52.4 Å². The molecule has 16 heavy (non-hydrogen) atoms. The summed E-state index contributed by atoms with van der Waals surface area (Å²) < 4.78 is 5.03. The predicted molar refractivity (Wildman–Crippen MR) is 67.2 cm³/mol. The summed E-state index contributed by atoms with van der Waals surface area (Å²) in [5, 5.41) is 4.37.